The molecular formula is C30H31Cl2N7O4. The number of carbonyl (C=O) groups excluding carboxylic acids is 2. The van der Waals surface area contributed by atoms with E-state index >= 15 is 0 Å². The Bertz CT molecular complexity index is 1640. The normalized spacial score (nSPS) is 20.8. The summed E-state index contributed by atoms with van der Waals surface area (Å²) in [5.41, 5.74) is 8.14. The van der Waals surface area contributed by atoms with Crippen molar-refractivity contribution in [3.63, 3.8) is 0 Å². The standard InChI is InChI=1S/C30H31Cl2N7O4/c31-23-6-17(5-20(28(23)41)29(33)42)21-13-39(30-22(21)12-37(15-35-30)9-16-1-2-16)14-27(40)36-25-7-26(34-8-24(25)32)38-10-18-3-4-19(11-38)43-18/h5-8,13,15-16,18-19,41H,1-4,9-12,14H2,(H2,33,42)(H,34,36,40). The van der Waals surface area contributed by atoms with E-state index in [2.05, 4.69) is 20.1 Å². The molecule has 2 amide bonds. The quantitative estimate of drug-likeness (QED) is 0.334. The molecule has 1 aromatic carbocycles. The fraction of sp³-hybridized carbons (Fsp3) is 0.400. The van der Waals surface area contributed by atoms with Gasteiger partial charge in [0.05, 0.1) is 46.0 Å². The summed E-state index contributed by atoms with van der Waals surface area (Å²) in [4.78, 5) is 39.0. The van der Waals surface area contributed by atoms with Crippen molar-refractivity contribution in [1.29, 1.82) is 0 Å². The maximum atomic E-state index is 13.4. The molecule has 3 aliphatic heterocycles. The first-order chi connectivity index (χ1) is 20.7. The van der Waals surface area contributed by atoms with Gasteiger partial charge in [0.2, 0.25) is 5.91 Å². The molecule has 2 atom stereocenters. The van der Waals surface area contributed by atoms with Gasteiger partial charge in [-0.05, 0) is 49.3 Å². The molecule has 13 heteroatoms. The number of morpholine rings is 1. The molecule has 4 aliphatic rings. The lowest BCUT2D eigenvalue weighted by atomic mass is 10.00. The Morgan fingerprint density at radius 3 is 2.58 bits per heavy atom. The molecule has 5 heterocycles. The highest BCUT2D eigenvalue weighted by Crippen LogP contribution is 2.41. The number of hydrogen-bond donors (Lipinski definition) is 3. The van der Waals surface area contributed by atoms with E-state index in [0.717, 1.165) is 49.4 Å². The third kappa shape index (κ3) is 5.64. The molecule has 0 spiro atoms. The van der Waals surface area contributed by atoms with Crippen LogP contribution in [0.3, 0.4) is 0 Å². The second-order valence-corrected chi connectivity index (χ2v) is 12.6. The number of benzene rings is 1. The minimum atomic E-state index is -0.791. The zero-order valence-electron chi connectivity index (χ0n) is 23.3. The van der Waals surface area contributed by atoms with Crippen molar-refractivity contribution < 1.29 is 19.4 Å². The number of nitrogens with one attached hydrogen (secondary N) is 1. The fourth-order valence-electron chi connectivity index (χ4n) is 6.18. The number of pyridine rings is 1. The van der Waals surface area contributed by atoms with Crippen LogP contribution in [-0.2, 0) is 22.6 Å². The Balaban J connectivity index is 1.17. The first kappa shape index (κ1) is 28.0. The van der Waals surface area contributed by atoms with E-state index in [1.807, 2.05) is 12.5 Å². The van der Waals surface area contributed by atoms with Gasteiger partial charge < -0.3 is 35.3 Å². The number of hydrogen-bond acceptors (Lipinski definition) is 8. The predicted octanol–water partition coefficient (Wildman–Crippen LogP) is 4.55. The molecule has 43 heavy (non-hydrogen) atoms. The third-order valence-electron chi connectivity index (χ3n) is 8.48. The molecule has 2 unspecified atom stereocenters. The zero-order chi connectivity index (χ0) is 29.8. The minimum Gasteiger partial charge on any atom is -0.506 e. The summed E-state index contributed by atoms with van der Waals surface area (Å²) in [6.07, 6.45) is 10.1. The Kier molecular flexibility index (Phi) is 7.19. The average molecular weight is 625 g/mol. The van der Waals surface area contributed by atoms with Gasteiger partial charge >= 0.3 is 0 Å². The van der Waals surface area contributed by atoms with Crippen LogP contribution in [0.5, 0.6) is 5.75 Å². The van der Waals surface area contributed by atoms with Crippen LogP contribution < -0.4 is 16.0 Å². The van der Waals surface area contributed by atoms with E-state index in [9.17, 15) is 14.7 Å². The maximum absolute atomic E-state index is 13.4. The predicted molar refractivity (Wildman–Crippen MR) is 164 cm³/mol. The molecule has 4 N–H and O–H groups in total. The average Bonchev–Trinajstić information content (AvgIpc) is 3.64. The van der Waals surface area contributed by atoms with E-state index in [-0.39, 0.29) is 41.0 Å². The molecule has 7 rings (SSSR count). The van der Waals surface area contributed by atoms with Gasteiger partial charge in [-0.25, -0.2) is 9.98 Å². The van der Waals surface area contributed by atoms with Gasteiger partial charge in [-0.3, -0.25) is 9.59 Å². The molecule has 224 valence electrons. The van der Waals surface area contributed by atoms with Crippen LogP contribution in [0.15, 0.2) is 35.6 Å². The van der Waals surface area contributed by atoms with E-state index in [0.29, 0.717) is 34.6 Å². The van der Waals surface area contributed by atoms with Crippen molar-refractivity contribution in [3.05, 3.63) is 51.8 Å². The van der Waals surface area contributed by atoms with Gasteiger partial charge in [-0.2, -0.15) is 0 Å². The van der Waals surface area contributed by atoms with E-state index in [1.165, 1.54) is 18.9 Å². The summed E-state index contributed by atoms with van der Waals surface area (Å²) in [5.74, 6) is 0.583. The summed E-state index contributed by atoms with van der Waals surface area (Å²) >= 11 is 12.7. The summed E-state index contributed by atoms with van der Waals surface area (Å²) in [5, 5.41) is 13.6. The SMILES string of the molecule is NC(=O)c1cc(-c2cn(CC(=O)Nc3cc(N4CC5CCC(C4)O5)ncc3Cl)c3c2CN(CC2CC2)C=N3)cc(Cl)c1O. The second-order valence-electron chi connectivity index (χ2n) is 11.7. The van der Waals surface area contributed by atoms with Crippen molar-refractivity contribution >= 4 is 58.7 Å². The number of fused-ring (bicyclic) bond motifs is 3. The van der Waals surface area contributed by atoms with E-state index in [1.54, 1.807) is 22.9 Å². The summed E-state index contributed by atoms with van der Waals surface area (Å²) < 4.78 is 7.72. The summed E-state index contributed by atoms with van der Waals surface area (Å²) in [7, 11) is 0. The second kappa shape index (κ2) is 11.0. The highest BCUT2D eigenvalue weighted by atomic mass is 35.5. The number of amides is 2. The number of phenols is 1. The van der Waals surface area contributed by atoms with E-state index in [4.69, 9.17) is 38.7 Å². The van der Waals surface area contributed by atoms with E-state index < -0.39 is 5.91 Å². The number of halogens is 2. The van der Waals surface area contributed by atoms with Crippen molar-refractivity contribution in [1.82, 2.24) is 14.5 Å². The molecule has 2 aromatic heterocycles. The van der Waals surface area contributed by atoms with Gasteiger partial charge in [-0.1, -0.05) is 23.2 Å². The lowest BCUT2D eigenvalue weighted by Gasteiger charge is -2.33. The number of aromatic nitrogens is 2. The highest BCUT2D eigenvalue weighted by molar-refractivity contribution is 6.33. The number of nitrogens with zero attached hydrogens (tertiary/aromatic N) is 5. The Morgan fingerprint density at radius 2 is 1.86 bits per heavy atom. The number of primary amides is 1. The molecule has 3 fully saturated rings. The number of rotatable bonds is 8. The number of aliphatic imine (C=N–C) groups is 1. The highest BCUT2D eigenvalue weighted by Gasteiger charge is 2.34. The first-order valence-corrected chi connectivity index (χ1v) is 15.2. The van der Waals surface area contributed by atoms with Crippen molar-refractivity contribution in [2.24, 2.45) is 16.6 Å². The summed E-state index contributed by atoms with van der Waals surface area (Å²) in [6.45, 7) is 2.94. The van der Waals surface area contributed by atoms with Gasteiger partial charge in [0.1, 0.15) is 23.9 Å². The summed E-state index contributed by atoms with van der Waals surface area (Å²) in [6, 6.07) is 4.91. The van der Waals surface area contributed by atoms with Gasteiger partial charge in [0, 0.05) is 49.6 Å². The zero-order valence-corrected chi connectivity index (χ0v) is 24.8. The van der Waals surface area contributed by atoms with Crippen molar-refractivity contribution in [3.8, 4) is 16.9 Å². The van der Waals surface area contributed by atoms with Crippen LogP contribution in [0, 0.1) is 5.92 Å². The maximum Gasteiger partial charge on any atom is 0.252 e. The number of nitrogens with two attached hydrogens (primary N) is 1. The smallest absolute Gasteiger partial charge is 0.252 e. The molecule has 1 aliphatic carbocycles. The Morgan fingerprint density at radius 1 is 1.09 bits per heavy atom. The molecule has 2 bridgehead atoms. The topological polar surface area (TPSA) is 138 Å². The monoisotopic (exact) mass is 623 g/mol. The lowest BCUT2D eigenvalue weighted by molar-refractivity contribution is -0.116. The van der Waals surface area contributed by atoms with Gasteiger partial charge in [0.25, 0.3) is 5.91 Å². The van der Waals surface area contributed by atoms with Crippen molar-refractivity contribution in [2.75, 3.05) is 29.9 Å². The van der Waals surface area contributed by atoms with Crippen LogP contribution in [0.4, 0.5) is 17.3 Å². The Hall–Kier alpha value is -3.80. The number of anilines is 2. The largest absolute Gasteiger partial charge is 0.506 e. The van der Waals surface area contributed by atoms with Crippen LogP contribution >= 0.6 is 23.2 Å². The molecule has 11 nitrogen and oxygen atoms in total. The van der Waals surface area contributed by atoms with Crippen LogP contribution in [-0.4, -0.2) is 69.6 Å². The van der Waals surface area contributed by atoms with Crippen molar-refractivity contribution in [2.45, 2.75) is 51.0 Å². The van der Waals surface area contributed by atoms with Crippen LogP contribution in [0.2, 0.25) is 10.0 Å². The first-order valence-electron chi connectivity index (χ1n) is 14.4. The molecular weight excluding hydrogens is 593 g/mol. The fourth-order valence-corrected chi connectivity index (χ4v) is 6.55. The Labute approximate surface area is 258 Å². The minimum absolute atomic E-state index is 0.0103. The number of ether oxygens (including phenoxy) is 1. The molecule has 0 radical (unpaired) electrons. The third-order valence-corrected chi connectivity index (χ3v) is 9.07. The van der Waals surface area contributed by atoms with Gasteiger partial charge in [0.15, 0.2) is 0 Å². The van der Waals surface area contributed by atoms with Crippen LogP contribution in [0.25, 0.3) is 11.1 Å². The van der Waals surface area contributed by atoms with Gasteiger partial charge in [-0.15, -0.1) is 0 Å². The lowest BCUT2D eigenvalue weighted by Crippen LogP contribution is -2.43. The molecule has 2 saturated heterocycles. The molecule has 1 saturated carbocycles. The van der Waals surface area contributed by atoms with Crippen LogP contribution in [0.1, 0.15) is 41.6 Å². The molecule has 3 aromatic rings. The number of carbonyl (C=O) groups is 2. The number of aromatic hydroxyl groups is 1.